The molecule has 2 aromatic heterocycles. The van der Waals surface area contributed by atoms with Crippen LogP contribution in [0.25, 0.3) is 10.9 Å². The molecule has 29 heavy (non-hydrogen) atoms. The highest BCUT2D eigenvalue weighted by Crippen LogP contribution is 2.35. The van der Waals surface area contributed by atoms with E-state index in [1.54, 1.807) is 36.5 Å². The first-order valence-electron chi connectivity index (χ1n) is 8.56. The fourth-order valence-corrected chi connectivity index (χ4v) is 3.09. The van der Waals surface area contributed by atoms with Crippen LogP contribution in [0, 0.1) is 0 Å². The number of carbonyl (C=O) groups excluding carboxylic acids is 1. The maximum atomic E-state index is 12.2. The second-order valence-electron chi connectivity index (χ2n) is 5.93. The van der Waals surface area contributed by atoms with Crippen LogP contribution in [-0.4, -0.2) is 20.9 Å². The van der Waals surface area contributed by atoms with Gasteiger partial charge < -0.3 is 10.5 Å². The molecular formula is C20H15BrN6O2. The molecule has 0 saturated heterocycles. The molecule has 0 aliphatic heterocycles. The number of aromatic nitrogens is 3. The number of anilines is 2. The number of pyridine rings is 1. The minimum atomic E-state index is -0.325. The monoisotopic (exact) mass is 450 g/mol. The van der Waals surface area contributed by atoms with Crippen molar-refractivity contribution in [1.29, 1.82) is 0 Å². The van der Waals surface area contributed by atoms with Crippen LogP contribution < -0.4 is 21.3 Å². The number of hydrazine groups is 1. The Hall–Kier alpha value is -3.72. The normalized spacial score (nSPS) is 10.5. The van der Waals surface area contributed by atoms with E-state index in [0.717, 1.165) is 9.86 Å². The third-order valence-electron chi connectivity index (χ3n) is 4.06. The summed E-state index contributed by atoms with van der Waals surface area (Å²) in [6.45, 7) is 0. The second kappa shape index (κ2) is 8.11. The Bertz CT molecular complexity index is 1190. The summed E-state index contributed by atoms with van der Waals surface area (Å²) in [6, 6.07) is 16.2. The number of hydrogen-bond donors (Lipinski definition) is 3. The number of fused-ring (bicyclic) bond motifs is 1. The fourth-order valence-electron chi connectivity index (χ4n) is 2.64. The van der Waals surface area contributed by atoms with Crippen molar-refractivity contribution >= 4 is 44.2 Å². The number of halogens is 1. The summed E-state index contributed by atoms with van der Waals surface area (Å²) in [6.07, 6.45) is 2.97. The zero-order valence-corrected chi connectivity index (χ0v) is 16.6. The maximum absolute atomic E-state index is 12.2. The molecule has 9 heteroatoms. The highest BCUT2D eigenvalue weighted by Gasteiger charge is 2.14. The molecule has 144 valence electrons. The molecule has 0 aliphatic rings. The number of amides is 1. The molecule has 0 radical (unpaired) electrons. The second-order valence-corrected chi connectivity index (χ2v) is 6.79. The van der Waals surface area contributed by atoms with Gasteiger partial charge in [-0.1, -0.05) is 40.2 Å². The summed E-state index contributed by atoms with van der Waals surface area (Å²) < 4.78 is 6.80. The van der Waals surface area contributed by atoms with Crippen molar-refractivity contribution in [2.75, 3.05) is 11.2 Å². The molecule has 4 aromatic rings. The van der Waals surface area contributed by atoms with Crippen LogP contribution in [0.2, 0.25) is 0 Å². The highest BCUT2D eigenvalue weighted by atomic mass is 79.9. The molecule has 4 rings (SSSR count). The molecular weight excluding hydrogens is 436 g/mol. The highest BCUT2D eigenvalue weighted by molar-refractivity contribution is 9.10. The Balaban J connectivity index is 1.56. The molecule has 0 atom stereocenters. The van der Waals surface area contributed by atoms with Crippen molar-refractivity contribution in [2.45, 2.75) is 0 Å². The van der Waals surface area contributed by atoms with E-state index >= 15 is 0 Å². The van der Waals surface area contributed by atoms with Gasteiger partial charge in [-0.25, -0.2) is 4.98 Å². The van der Waals surface area contributed by atoms with Crippen LogP contribution in [0.1, 0.15) is 10.4 Å². The topological polar surface area (TPSA) is 115 Å². The molecule has 1 amide bonds. The van der Waals surface area contributed by atoms with Gasteiger partial charge in [-0.05, 0) is 30.3 Å². The Kier molecular flexibility index (Phi) is 5.21. The summed E-state index contributed by atoms with van der Waals surface area (Å²) in [7, 11) is 0. The number of nitrogens with zero attached hydrogens (tertiary/aromatic N) is 3. The van der Waals surface area contributed by atoms with Crippen molar-refractivity contribution < 1.29 is 9.53 Å². The molecule has 0 aliphatic carbocycles. The van der Waals surface area contributed by atoms with Gasteiger partial charge in [-0.3, -0.25) is 20.6 Å². The lowest BCUT2D eigenvalue weighted by atomic mass is 10.2. The first kappa shape index (κ1) is 18.6. The Morgan fingerprint density at radius 1 is 1.00 bits per heavy atom. The summed E-state index contributed by atoms with van der Waals surface area (Å²) in [5, 5.41) is 0.895. The van der Waals surface area contributed by atoms with Crippen molar-refractivity contribution in [3.63, 3.8) is 0 Å². The largest absolute Gasteiger partial charge is 0.435 e. The predicted octanol–water partition coefficient (Wildman–Crippen LogP) is 3.92. The van der Waals surface area contributed by atoms with Gasteiger partial charge in [0.25, 0.3) is 5.91 Å². The van der Waals surface area contributed by atoms with Gasteiger partial charge in [0.15, 0.2) is 11.6 Å². The number of ether oxygens (including phenoxy) is 1. The summed E-state index contributed by atoms with van der Waals surface area (Å²) in [4.78, 5) is 24.7. The van der Waals surface area contributed by atoms with Crippen molar-refractivity contribution in [2.24, 2.45) is 0 Å². The van der Waals surface area contributed by atoms with Gasteiger partial charge in [0.1, 0.15) is 17.5 Å². The van der Waals surface area contributed by atoms with E-state index in [-0.39, 0.29) is 23.3 Å². The lowest BCUT2D eigenvalue weighted by Crippen LogP contribution is -2.30. The number of rotatable bonds is 5. The lowest BCUT2D eigenvalue weighted by Gasteiger charge is -2.13. The van der Waals surface area contributed by atoms with Crippen LogP contribution >= 0.6 is 15.9 Å². The van der Waals surface area contributed by atoms with E-state index in [9.17, 15) is 4.79 Å². The average molecular weight is 451 g/mol. The Morgan fingerprint density at radius 2 is 1.83 bits per heavy atom. The van der Waals surface area contributed by atoms with Gasteiger partial charge in [0.05, 0.1) is 0 Å². The molecule has 2 heterocycles. The van der Waals surface area contributed by atoms with Gasteiger partial charge in [-0.15, -0.1) is 0 Å². The molecule has 0 spiro atoms. The summed E-state index contributed by atoms with van der Waals surface area (Å²) in [5.74, 6) is 0.530. The van der Waals surface area contributed by atoms with Gasteiger partial charge in [-0.2, -0.15) is 4.98 Å². The van der Waals surface area contributed by atoms with Crippen molar-refractivity contribution in [1.82, 2.24) is 20.4 Å². The van der Waals surface area contributed by atoms with E-state index in [1.165, 1.54) is 6.33 Å². The van der Waals surface area contributed by atoms with E-state index < -0.39 is 0 Å². The average Bonchev–Trinajstić information content (AvgIpc) is 2.76. The maximum Gasteiger partial charge on any atom is 0.269 e. The molecule has 8 nitrogen and oxygen atoms in total. The smallest absolute Gasteiger partial charge is 0.269 e. The molecule has 0 bridgehead atoms. The summed E-state index contributed by atoms with van der Waals surface area (Å²) >= 11 is 3.50. The van der Waals surface area contributed by atoms with Crippen molar-refractivity contribution in [3.05, 3.63) is 77.2 Å². The van der Waals surface area contributed by atoms with Crippen molar-refractivity contribution in [3.8, 4) is 11.6 Å². The third-order valence-corrected chi connectivity index (χ3v) is 4.76. The first-order valence-corrected chi connectivity index (χ1v) is 9.36. The zero-order chi connectivity index (χ0) is 20.2. The third kappa shape index (κ3) is 3.94. The number of nitrogens with two attached hydrogens (primary N) is 1. The Morgan fingerprint density at radius 3 is 2.66 bits per heavy atom. The number of nitrogen functional groups attached to an aromatic ring is 1. The fraction of sp³-hybridized carbons (Fsp3) is 0. The molecule has 0 saturated carbocycles. The first-order chi connectivity index (χ1) is 14.1. The van der Waals surface area contributed by atoms with E-state index in [2.05, 4.69) is 41.7 Å². The SMILES string of the molecule is Nc1c(NNC(=O)c2ccccc2)ncnc1Oc1ccc(Br)c2cccnc12. The summed E-state index contributed by atoms with van der Waals surface area (Å²) in [5.41, 5.74) is 12.7. The quantitative estimate of drug-likeness (QED) is 0.394. The van der Waals surface area contributed by atoms with E-state index in [0.29, 0.717) is 16.8 Å². The van der Waals surface area contributed by atoms with Gasteiger partial charge in [0, 0.05) is 21.6 Å². The van der Waals surface area contributed by atoms with Gasteiger partial charge >= 0.3 is 0 Å². The van der Waals surface area contributed by atoms with E-state index in [1.807, 2.05) is 24.3 Å². The number of carbonyl (C=O) groups is 1. The molecule has 0 fully saturated rings. The van der Waals surface area contributed by atoms with Crippen LogP contribution in [0.5, 0.6) is 11.6 Å². The molecule has 4 N–H and O–H groups in total. The molecule has 2 aromatic carbocycles. The Labute approximate surface area is 174 Å². The number of hydrogen-bond acceptors (Lipinski definition) is 7. The minimum absolute atomic E-state index is 0.144. The molecule has 0 unspecified atom stereocenters. The number of nitrogens with one attached hydrogen (secondary N) is 2. The van der Waals surface area contributed by atoms with Crippen LogP contribution in [0.3, 0.4) is 0 Å². The standard InChI is InChI=1S/C20H15BrN6O2/c21-14-8-9-15(17-13(14)7-4-10-23-17)29-20-16(22)18(24-11-25-20)26-27-19(28)12-5-2-1-3-6-12/h1-11H,22H2,(H,27,28)(H,24,25,26). The predicted molar refractivity (Wildman–Crippen MR) is 113 cm³/mol. The zero-order valence-electron chi connectivity index (χ0n) is 15.0. The van der Waals surface area contributed by atoms with E-state index in [4.69, 9.17) is 10.5 Å². The van der Waals surface area contributed by atoms with Gasteiger partial charge in [0.2, 0.25) is 5.88 Å². The lowest BCUT2D eigenvalue weighted by molar-refractivity contribution is 0.0962. The van der Waals surface area contributed by atoms with Crippen LogP contribution in [0.4, 0.5) is 11.5 Å². The number of benzene rings is 2. The van der Waals surface area contributed by atoms with Crippen LogP contribution in [-0.2, 0) is 0 Å². The van der Waals surface area contributed by atoms with Crippen LogP contribution in [0.15, 0.2) is 71.6 Å². The minimum Gasteiger partial charge on any atom is -0.435 e.